The van der Waals surface area contributed by atoms with Crippen molar-refractivity contribution in [3.05, 3.63) is 107 Å². The average Bonchev–Trinajstić information content (AvgIpc) is 3.29. The van der Waals surface area contributed by atoms with Crippen LogP contribution < -0.4 is 39.4 Å². The zero-order valence-corrected chi connectivity index (χ0v) is 21.8. The van der Waals surface area contributed by atoms with Crippen LogP contribution in [0.5, 0.6) is 5.75 Å². The molecule has 1 N–H and O–H groups in total. The number of carboxylic acid groups (broad SMARTS) is 1. The van der Waals surface area contributed by atoms with Crippen molar-refractivity contribution < 1.29 is 44.2 Å². The molecule has 0 radical (unpaired) electrons. The summed E-state index contributed by atoms with van der Waals surface area (Å²) >= 11 is 0. The minimum atomic E-state index is -1.18. The molecule has 0 atom stereocenters. The Morgan fingerprint density at radius 2 is 1.41 bits per heavy atom. The van der Waals surface area contributed by atoms with E-state index in [2.05, 4.69) is 68.2 Å². The number of aromatic amines is 1. The van der Waals surface area contributed by atoms with E-state index in [1.54, 1.807) is 24.3 Å². The maximum atomic E-state index is 11.0. The fourth-order valence-corrected chi connectivity index (χ4v) is 4.22. The van der Waals surface area contributed by atoms with Gasteiger partial charge in [0, 0.05) is 17.0 Å². The molecule has 0 bridgehead atoms. The first-order chi connectivity index (χ1) is 15.8. The first-order valence-electron chi connectivity index (χ1n) is 10.9. The molecule has 0 unspecified atom stereocenters. The number of carbonyl (C=O) groups is 1. The Kier molecular flexibility index (Phi) is 6.59. The summed E-state index contributed by atoms with van der Waals surface area (Å²) in [6.45, 7) is 6.23. The summed E-state index contributed by atoms with van der Waals surface area (Å²) < 4.78 is 6.25. The fraction of sp³-hybridized carbons (Fsp3) is 0.138. The van der Waals surface area contributed by atoms with Gasteiger partial charge in [0.25, 0.3) is 0 Å². The van der Waals surface area contributed by atoms with Crippen molar-refractivity contribution in [2.24, 2.45) is 0 Å². The van der Waals surface area contributed by atoms with E-state index in [0.29, 0.717) is 0 Å². The Morgan fingerprint density at radius 1 is 0.824 bits per heavy atom. The zero-order valence-electron chi connectivity index (χ0n) is 19.8. The predicted octanol–water partition coefficient (Wildman–Crippen LogP) is 2.63. The number of fused-ring (bicyclic) bond motifs is 1. The maximum absolute atomic E-state index is 11.0. The normalized spacial score (nSPS) is 13.8. The number of carboxylic acids is 1. The predicted molar refractivity (Wildman–Crippen MR) is 129 cm³/mol. The third-order valence-corrected chi connectivity index (χ3v) is 5.93. The third kappa shape index (κ3) is 4.76. The van der Waals surface area contributed by atoms with Gasteiger partial charge < -0.3 is 19.6 Å². The van der Waals surface area contributed by atoms with Crippen molar-refractivity contribution in [1.82, 2.24) is 4.98 Å². The number of hydrogen-bond donors (Lipinski definition) is 1. The number of benzene rings is 3. The van der Waals surface area contributed by atoms with Crippen LogP contribution in [0.1, 0.15) is 40.9 Å². The molecule has 1 aliphatic rings. The number of ether oxygens (including phenoxy) is 1. The number of hydrogen-bond acceptors (Lipinski definition) is 3. The molecule has 0 fully saturated rings. The van der Waals surface area contributed by atoms with Crippen LogP contribution in [0, 0.1) is 6.92 Å². The first-order valence-corrected chi connectivity index (χ1v) is 10.9. The van der Waals surface area contributed by atoms with Gasteiger partial charge >= 0.3 is 29.6 Å². The minimum absolute atomic E-state index is 0. The number of carbonyl (C=O) groups excluding carboxylic acids is 1. The topological polar surface area (TPSA) is 65.2 Å². The number of aryl methyl sites for hydroxylation is 1. The van der Waals surface area contributed by atoms with E-state index in [1.807, 2.05) is 18.2 Å². The second-order valence-corrected chi connectivity index (χ2v) is 8.99. The Bertz CT molecular complexity index is 1380. The van der Waals surface area contributed by atoms with Gasteiger partial charge in [-0.3, -0.25) is 0 Å². The van der Waals surface area contributed by atoms with E-state index < -0.39 is 11.6 Å². The van der Waals surface area contributed by atoms with E-state index in [1.165, 1.54) is 5.56 Å². The van der Waals surface area contributed by atoms with Gasteiger partial charge in [-0.15, -0.1) is 0 Å². The van der Waals surface area contributed by atoms with Crippen molar-refractivity contribution in [3.8, 4) is 28.3 Å². The molecule has 2 heterocycles. The molecule has 4 aromatic rings. The van der Waals surface area contributed by atoms with E-state index in [4.69, 9.17) is 4.74 Å². The van der Waals surface area contributed by atoms with E-state index in [-0.39, 0.29) is 35.1 Å². The molecule has 5 rings (SSSR count). The molecular formula is C29H24NNaO3. The first kappa shape index (κ1) is 24.1. The van der Waals surface area contributed by atoms with Crippen molar-refractivity contribution in [3.63, 3.8) is 0 Å². The average molecular weight is 458 g/mol. The molecule has 1 aliphatic heterocycles. The summed E-state index contributed by atoms with van der Waals surface area (Å²) in [5.74, 6) is -0.308. The molecule has 0 saturated carbocycles. The Hall–Kier alpha value is -3.05. The summed E-state index contributed by atoms with van der Waals surface area (Å²) in [6, 6.07) is 25.5. The van der Waals surface area contributed by atoms with Crippen molar-refractivity contribution in [2.75, 3.05) is 0 Å². The van der Waals surface area contributed by atoms with Crippen LogP contribution in [0.15, 0.2) is 84.9 Å². The van der Waals surface area contributed by atoms with Crippen LogP contribution >= 0.6 is 0 Å². The number of nitrogens with one attached hydrogen (secondary N) is 1. The Balaban J connectivity index is 0.00000274. The van der Waals surface area contributed by atoms with E-state index in [9.17, 15) is 9.90 Å². The van der Waals surface area contributed by atoms with Crippen molar-refractivity contribution in [2.45, 2.75) is 26.4 Å². The summed E-state index contributed by atoms with van der Waals surface area (Å²) in [4.78, 5) is 14.5. The summed E-state index contributed by atoms with van der Waals surface area (Å²) in [5, 5.41) is 11.0. The smallest absolute Gasteiger partial charge is 0.545 e. The summed E-state index contributed by atoms with van der Waals surface area (Å²) in [6.07, 6.45) is 2.18. The molecule has 0 aliphatic carbocycles. The van der Waals surface area contributed by atoms with Gasteiger partial charge in [-0.25, -0.2) is 0 Å². The molecule has 0 saturated heterocycles. The molecule has 0 amide bonds. The van der Waals surface area contributed by atoms with Crippen molar-refractivity contribution in [1.29, 1.82) is 0 Å². The van der Waals surface area contributed by atoms with Crippen LogP contribution in [0.2, 0.25) is 0 Å². The molecule has 3 aromatic carbocycles. The van der Waals surface area contributed by atoms with Crippen LogP contribution in [-0.2, 0) is 0 Å². The second-order valence-electron chi connectivity index (χ2n) is 8.99. The monoisotopic (exact) mass is 457 g/mol. The van der Waals surface area contributed by atoms with Gasteiger partial charge in [-0.05, 0) is 85.0 Å². The third-order valence-electron chi connectivity index (χ3n) is 5.93. The summed E-state index contributed by atoms with van der Waals surface area (Å²) in [7, 11) is 0. The number of aromatic nitrogens is 1. The zero-order chi connectivity index (χ0) is 23.2. The van der Waals surface area contributed by atoms with E-state index >= 15 is 0 Å². The van der Waals surface area contributed by atoms with Gasteiger partial charge in [0.2, 0.25) is 0 Å². The molecule has 34 heavy (non-hydrogen) atoms. The van der Waals surface area contributed by atoms with Gasteiger partial charge in [0.05, 0.1) is 5.97 Å². The van der Waals surface area contributed by atoms with Crippen LogP contribution in [0.3, 0.4) is 0 Å². The van der Waals surface area contributed by atoms with Crippen LogP contribution in [0.4, 0.5) is 0 Å². The fourth-order valence-electron chi connectivity index (χ4n) is 4.22. The molecule has 5 heteroatoms. The largest absolute Gasteiger partial charge is 1.00 e. The van der Waals surface area contributed by atoms with Crippen LogP contribution in [0.25, 0.3) is 28.1 Å². The number of rotatable bonds is 4. The number of H-pyrrole nitrogens is 1. The molecular weight excluding hydrogens is 433 g/mol. The van der Waals surface area contributed by atoms with Crippen LogP contribution in [-0.4, -0.2) is 16.6 Å². The van der Waals surface area contributed by atoms with Gasteiger partial charge in [0.15, 0.2) is 0 Å². The quantitative estimate of drug-likeness (QED) is 0.479. The maximum Gasteiger partial charge on any atom is 1.00 e. The molecule has 4 nitrogen and oxygen atoms in total. The van der Waals surface area contributed by atoms with Gasteiger partial charge in [-0.1, -0.05) is 54.1 Å². The standard InChI is InChI=1S/C29H25NO3.Na/c1-18-4-6-19(7-5-18)24-17-29(2,3)33-27-15-12-22(16-23(24)27)26-14-13-25(30-26)20-8-10-21(11-9-20)28(31)32;/h4-17,30H,1-3H3,(H,31,32);/q;+1/p-1. The van der Waals surface area contributed by atoms with Crippen molar-refractivity contribution >= 4 is 11.5 Å². The van der Waals surface area contributed by atoms with Gasteiger partial charge in [0.1, 0.15) is 11.4 Å². The summed E-state index contributed by atoms with van der Waals surface area (Å²) in [5.41, 5.74) is 8.23. The Labute approximate surface area is 221 Å². The molecule has 1 aromatic heterocycles. The Morgan fingerprint density at radius 3 is 2.06 bits per heavy atom. The SMILES string of the molecule is Cc1ccc(C2=CC(C)(C)Oc3ccc(-c4ccc(-c5ccc(C(=O)[O-])cc5)[nH]4)cc32)cc1.[Na+]. The molecule has 164 valence electrons. The minimum Gasteiger partial charge on any atom is -0.545 e. The second kappa shape index (κ2) is 9.30. The van der Waals surface area contributed by atoms with Gasteiger partial charge in [-0.2, -0.15) is 0 Å². The molecule has 0 spiro atoms. The van der Waals surface area contributed by atoms with E-state index in [0.717, 1.165) is 45.0 Å². The number of aromatic carboxylic acids is 1.